The van der Waals surface area contributed by atoms with Gasteiger partial charge in [-0.2, -0.15) is 0 Å². The van der Waals surface area contributed by atoms with Crippen LogP contribution in [-0.4, -0.2) is 84.8 Å². The van der Waals surface area contributed by atoms with Gasteiger partial charge in [0.2, 0.25) is 0 Å². The smallest absolute Gasteiger partial charge is 0.656 e. The Bertz CT molecular complexity index is 1050. The van der Waals surface area contributed by atoms with Gasteiger partial charge in [-0.1, -0.05) is 36.5 Å². The number of nitrogens with zero attached hydrogens (tertiary/aromatic N) is 4. The summed E-state index contributed by atoms with van der Waals surface area (Å²) in [5.74, 6) is 4.97. The van der Waals surface area contributed by atoms with E-state index < -0.39 is 15.8 Å². The summed E-state index contributed by atoms with van der Waals surface area (Å²) in [7, 11) is -1.73. The third kappa shape index (κ3) is 31.8. The SMILES string of the molecule is CC(C)[PH+](/C=C1/C=CC=C(C[PH+](C(C)C)C(C)C)[N-]1)C(C)C.CC(C)[PH+](/C=C1/C=CC=C(C[PH+](C(C)C)C(C)C)[N-]1)C(C)C.N#N.[CH-]=O.[CH-]=O.[CH-]=O.[CH-]=O.[Mn+3].[Mn+3]. The van der Waals surface area contributed by atoms with Crippen LogP contribution in [0, 0.1) is 10.8 Å². The van der Waals surface area contributed by atoms with Crippen molar-refractivity contribution in [2.75, 3.05) is 12.3 Å². The normalized spacial score (nSPS) is 14.1. The number of hydrogen-bond acceptors (Lipinski definition) is 6. The maximum absolute atomic E-state index is 7.75. The van der Waals surface area contributed by atoms with E-state index in [1.54, 1.807) is 0 Å². The summed E-state index contributed by atoms with van der Waals surface area (Å²) in [4.78, 5) is 31.0. The summed E-state index contributed by atoms with van der Waals surface area (Å²) in [6.07, 6.45) is 15.6. The molecule has 0 radical (unpaired) electrons. The van der Waals surface area contributed by atoms with Gasteiger partial charge in [-0.25, -0.2) is 0 Å². The molecule has 0 aromatic rings. The van der Waals surface area contributed by atoms with Crippen LogP contribution in [0.25, 0.3) is 10.6 Å². The number of rotatable bonds is 14. The molecule has 2 rings (SSSR count). The van der Waals surface area contributed by atoms with Crippen molar-refractivity contribution in [2.45, 2.75) is 156 Å². The first kappa shape index (κ1) is 69.5. The first-order chi connectivity index (χ1) is 25.4. The maximum Gasteiger partial charge on any atom is 3.00 e. The second kappa shape index (κ2) is 43.5. The first-order valence-electron chi connectivity index (χ1n) is 18.6. The van der Waals surface area contributed by atoms with E-state index in [4.69, 9.17) is 40.6 Å². The third-order valence-corrected chi connectivity index (χ3v) is 22.8. The van der Waals surface area contributed by atoms with Crippen molar-refractivity contribution in [3.8, 4) is 0 Å². The molecule has 0 saturated heterocycles. The zero-order valence-corrected chi connectivity index (χ0v) is 43.5. The molecule has 2 aliphatic heterocycles. The molecule has 0 amide bonds. The van der Waals surface area contributed by atoms with Crippen LogP contribution in [-0.2, 0) is 53.3 Å². The first-order valence-corrected chi connectivity index (χ1v) is 25.8. The van der Waals surface area contributed by atoms with E-state index in [-0.39, 0.29) is 50.0 Å². The van der Waals surface area contributed by atoms with Crippen molar-refractivity contribution in [1.29, 1.82) is 10.8 Å². The Morgan fingerprint density at radius 3 is 0.857 bits per heavy atom. The largest absolute Gasteiger partial charge is 3.00 e. The minimum Gasteiger partial charge on any atom is -0.656 e. The van der Waals surface area contributed by atoms with Gasteiger partial charge in [0.15, 0.2) is 0 Å². The fourth-order valence-electron chi connectivity index (χ4n) is 6.26. The van der Waals surface area contributed by atoms with Gasteiger partial charge >= 0.3 is 34.1 Å². The molecule has 2 aliphatic rings. The summed E-state index contributed by atoms with van der Waals surface area (Å²) >= 11 is 0. The van der Waals surface area contributed by atoms with Gasteiger partial charge in [-0.05, 0) is 111 Å². The van der Waals surface area contributed by atoms with Crippen LogP contribution in [0.2, 0.25) is 0 Å². The number of allylic oxidation sites excluding steroid dienone is 8. The van der Waals surface area contributed by atoms with Crippen molar-refractivity contribution in [2.24, 2.45) is 0 Å². The zero-order valence-electron chi connectivity index (χ0n) is 37.1. The molecule has 8 nitrogen and oxygen atoms in total. The average Bonchev–Trinajstić information content (AvgIpc) is 3.14. The molecule has 0 bridgehead atoms. The van der Waals surface area contributed by atoms with Crippen LogP contribution < -0.4 is 0 Å². The molecular weight excluding hydrogens is 858 g/mol. The molecule has 0 N–H and O–H groups in total. The monoisotopic (exact) mass is 934 g/mol. The molecule has 56 heavy (non-hydrogen) atoms. The molecule has 0 fully saturated rings. The molecule has 2 heterocycles. The maximum atomic E-state index is 7.75. The van der Waals surface area contributed by atoms with Gasteiger partial charge < -0.3 is 29.8 Å². The van der Waals surface area contributed by atoms with E-state index in [9.17, 15) is 0 Å². The van der Waals surface area contributed by atoms with Crippen LogP contribution in [0.15, 0.2) is 70.9 Å². The van der Waals surface area contributed by atoms with Gasteiger partial charge in [0.25, 0.3) is 0 Å². The molecule has 0 unspecified atom stereocenters. The molecule has 0 atom stereocenters. The predicted octanol–water partition coefficient (Wildman–Crippen LogP) is 12.4. The van der Waals surface area contributed by atoms with Crippen LogP contribution >= 0.6 is 31.7 Å². The fraction of sp³-hybridized carbons (Fsp3) is 0.619. The van der Waals surface area contributed by atoms with Crippen molar-refractivity contribution in [1.82, 2.24) is 0 Å². The van der Waals surface area contributed by atoms with E-state index in [1.807, 2.05) is 0 Å². The van der Waals surface area contributed by atoms with Gasteiger partial charge in [-0.15, -0.1) is 22.8 Å². The zero-order chi connectivity index (χ0) is 43.7. The number of carbonyl (C=O) groups excluding carboxylic acids is 4. The molecule has 0 aromatic heterocycles. The Kier molecular flexibility index (Phi) is 54.0. The van der Waals surface area contributed by atoms with E-state index in [0.717, 1.165) is 45.3 Å². The van der Waals surface area contributed by atoms with Gasteiger partial charge in [0.05, 0.1) is 57.6 Å². The third-order valence-electron chi connectivity index (χ3n) is 8.69. The topological polar surface area (TPSA) is 144 Å². The molecule has 0 spiro atoms. The van der Waals surface area contributed by atoms with Crippen molar-refractivity contribution in [3.63, 3.8) is 0 Å². The molecule has 318 valence electrons. The van der Waals surface area contributed by atoms with Gasteiger partial charge in [0, 0.05) is 54.1 Å². The van der Waals surface area contributed by atoms with Crippen molar-refractivity contribution in [3.05, 3.63) is 81.5 Å². The van der Waals surface area contributed by atoms with Crippen LogP contribution in [0.3, 0.4) is 0 Å². The summed E-state index contributed by atoms with van der Waals surface area (Å²) in [6.45, 7) is 50.9. The van der Waals surface area contributed by atoms with Crippen molar-refractivity contribution < 1.29 is 53.3 Å². The average molecular weight is 935 g/mol. The Hall–Kier alpha value is -1.10. The van der Waals surface area contributed by atoms with Crippen LogP contribution in [0.5, 0.6) is 0 Å². The van der Waals surface area contributed by atoms with Crippen LogP contribution in [0.1, 0.15) is 111 Å². The summed E-state index contributed by atoms with van der Waals surface area (Å²) in [6, 6.07) is 0. The quantitative estimate of drug-likeness (QED) is 0.0558. The Balaban J connectivity index is -0.000000136. The number of hydrogen-bond donors (Lipinski definition) is 0. The standard InChI is InChI=1S/2C19H34NP2.4CHO.2Mn.N2/c2*1-14(2)21(15(3)4)12-18-10-9-11-19(20-18)13-22(16(5)6)17(7)8;4*1-2;;;1-2/h2*9-12,14-17H,13H2,1-8H3;4*1H;;;/q6*-1;2*+3;/p+4/b2*18-12-;;;;;;;. The van der Waals surface area contributed by atoms with E-state index in [0.29, 0.717) is 0 Å². The molecule has 0 aromatic carbocycles. The second-order valence-electron chi connectivity index (χ2n) is 15.1. The molecule has 0 saturated carbocycles. The van der Waals surface area contributed by atoms with E-state index in [2.05, 4.69) is 186 Å². The van der Waals surface area contributed by atoms with E-state index in [1.165, 1.54) is 35.1 Å². The Labute approximate surface area is 370 Å². The molecule has 14 heteroatoms. The summed E-state index contributed by atoms with van der Waals surface area (Å²) < 4.78 is 0. The fourth-order valence-corrected chi connectivity index (χ4v) is 16.8. The van der Waals surface area contributed by atoms with Gasteiger partial charge in [0.1, 0.15) is 0 Å². The van der Waals surface area contributed by atoms with E-state index >= 15 is 0 Å². The molecule has 0 aliphatic carbocycles. The van der Waals surface area contributed by atoms with Crippen LogP contribution in [0.4, 0.5) is 0 Å². The minimum atomic E-state index is -0.487. The second-order valence-corrected chi connectivity index (χ2v) is 30.0. The summed E-state index contributed by atoms with van der Waals surface area (Å²) in [5, 5.41) is 22.0. The Morgan fingerprint density at radius 1 is 0.464 bits per heavy atom. The van der Waals surface area contributed by atoms with Gasteiger partial charge in [-0.3, -0.25) is 27.2 Å². The van der Waals surface area contributed by atoms with Crippen molar-refractivity contribution >= 4 is 58.8 Å². The Morgan fingerprint density at radius 2 is 0.679 bits per heavy atom. The minimum absolute atomic E-state index is 0. The summed E-state index contributed by atoms with van der Waals surface area (Å²) in [5.41, 5.74) is 11.3. The molecular formula is C42H76Mn2N4O4P4+4. The predicted molar refractivity (Wildman–Crippen MR) is 252 cm³/mol.